The molecule has 1 amide bonds. The fourth-order valence-electron chi connectivity index (χ4n) is 3.11. The Bertz CT molecular complexity index is 691. The summed E-state index contributed by atoms with van der Waals surface area (Å²) >= 11 is 0. The van der Waals surface area contributed by atoms with E-state index in [1.165, 1.54) is 38.9 Å². The van der Waals surface area contributed by atoms with Crippen LogP contribution in [0.1, 0.15) is 58.4 Å². The Morgan fingerprint density at radius 1 is 1.14 bits per heavy atom. The minimum absolute atomic E-state index is 0.150. The number of rotatable bonds is 12. The summed E-state index contributed by atoms with van der Waals surface area (Å²) in [6.07, 6.45) is 11.8. The van der Waals surface area contributed by atoms with Gasteiger partial charge in [0.2, 0.25) is 5.91 Å². The molecule has 0 aromatic heterocycles. The number of phenols is 1. The molecule has 1 aromatic carbocycles. The number of allylic oxidation sites excluding steroid dienone is 3. The van der Waals surface area contributed by atoms with Gasteiger partial charge in [-0.05, 0) is 37.0 Å². The maximum absolute atomic E-state index is 12.3. The van der Waals surface area contributed by atoms with E-state index >= 15 is 0 Å². The molecular weight excluding hydrogens is 366 g/mol. The summed E-state index contributed by atoms with van der Waals surface area (Å²) in [7, 11) is 1.29. The SMILES string of the molecule is CCCCCC[C@@H](C)/C=C(C)/C=C/C(=O)N[C@@H](Cc1ccc(O)cc1)C(=O)OC. The van der Waals surface area contributed by atoms with Crippen LogP contribution in [0, 0.1) is 5.92 Å². The Hall–Kier alpha value is -2.56. The molecule has 0 aliphatic rings. The lowest BCUT2D eigenvalue weighted by Crippen LogP contribution is -2.42. The molecule has 0 heterocycles. The zero-order chi connectivity index (χ0) is 21.6. The molecule has 160 valence electrons. The van der Waals surface area contributed by atoms with Crippen molar-refractivity contribution >= 4 is 11.9 Å². The molecule has 0 unspecified atom stereocenters. The molecule has 2 N–H and O–H groups in total. The standard InChI is InChI=1S/C24H35NO4/c1-5-6-7-8-9-18(2)16-19(3)10-15-23(27)25-22(24(28)29-4)17-20-11-13-21(26)14-12-20/h10-16,18,22,26H,5-9,17H2,1-4H3,(H,25,27)/b15-10+,19-16+/t18-,22+/m1/s1. The minimum atomic E-state index is -0.788. The van der Waals surface area contributed by atoms with Gasteiger partial charge in [-0.2, -0.15) is 0 Å². The lowest BCUT2D eigenvalue weighted by Gasteiger charge is -2.15. The molecular formula is C24H35NO4. The Labute approximate surface area is 174 Å². The summed E-state index contributed by atoms with van der Waals surface area (Å²) in [6.45, 7) is 6.37. The molecule has 2 atom stereocenters. The molecule has 1 aromatic rings. The second-order valence-electron chi connectivity index (χ2n) is 7.53. The van der Waals surface area contributed by atoms with E-state index < -0.39 is 12.0 Å². The summed E-state index contributed by atoms with van der Waals surface area (Å²) in [5, 5.41) is 12.1. The highest BCUT2D eigenvalue weighted by molar-refractivity contribution is 5.91. The van der Waals surface area contributed by atoms with Crippen molar-refractivity contribution in [1.29, 1.82) is 0 Å². The maximum Gasteiger partial charge on any atom is 0.328 e. The highest BCUT2D eigenvalue weighted by Crippen LogP contribution is 2.14. The van der Waals surface area contributed by atoms with Gasteiger partial charge in [0.25, 0.3) is 0 Å². The van der Waals surface area contributed by atoms with Crippen LogP contribution in [0.3, 0.4) is 0 Å². The van der Waals surface area contributed by atoms with Gasteiger partial charge in [-0.3, -0.25) is 4.79 Å². The number of carbonyl (C=O) groups excluding carboxylic acids is 2. The van der Waals surface area contributed by atoms with Crippen LogP contribution in [0.15, 0.2) is 48.1 Å². The fraction of sp³-hybridized carbons (Fsp3) is 0.500. The number of carbonyl (C=O) groups is 2. The van der Waals surface area contributed by atoms with E-state index in [0.717, 1.165) is 17.6 Å². The molecule has 1 rings (SSSR count). The largest absolute Gasteiger partial charge is 0.508 e. The molecule has 0 saturated heterocycles. The summed E-state index contributed by atoms with van der Waals surface area (Å²) in [4.78, 5) is 24.3. The summed E-state index contributed by atoms with van der Waals surface area (Å²) in [6, 6.07) is 5.72. The van der Waals surface area contributed by atoms with Crippen molar-refractivity contribution < 1.29 is 19.4 Å². The molecule has 0 aliphatic carbocycles. The Morgan fingerprint density at radius 3 is 2.45 bits per heavy atom. The van der Waals surface area contributed by atoms with Gasteiger partial charge in [-0.15, -0.1) is 0 Å². The van der Waals surface area contributed by atoms with Crippen molar-refractivity contribution in [2.75, 3.05) is 7.11 Å². The number of benzene rings is 1. The van der Waals surface area contributed by atoms with E-state index in [0.29, 0.717) is 5.92 Å². The van der Waals surface area contributed by atoms with Gasteiger partial charge in [0.15, 0.2) is 0 Å². The molecule has 5 nitrogen and oxygen atoms in total. The predicted octanol–water partition coefficient (Wildman–Crippen LogP) is 4.70. The smallest absolute Gasteiger partial charge is 0.328 e. The second kappa shape index (κ2) is 13.6. The molecule has 0 saturated carbocycles. The minimum Gasteiger partial charge on any atom is -0.508 e. The van der Waals surface area contributed by atoms with Crippen LogP contribution in [0.2, 0.25) is 0 Å². The Kier molecular flexibility index (Phi) is 11.5. The first-order valence-corrected chi connectivity index (χ1v) is 10.4. The number of amides is 1. The van der Waals surface area contributed by atoms with Crippen LogP contribution < -0.4 is 5.32 Å². The summed E-state index contributed by atoms with van der Waals surface area (Å²) < 4.78 is 4.80. The molecule has 0 spiro atoms. The van der Waals surface area contributed by atoms with Crippen molar-refractivity contribution in [3.63, 3.8) is 0 Å². The molecule has 0 radical (unpaired) electrons. The quantitative estimate of drug-likeness (QED) is 0.230. The van der Waals surface area contributed by atoms with Gasteiger partial charge in [0, 0.05) is 12.5 Å². The molecule has 0 bridgehead atoms. The van der Waals surface area contributed by atoms with Gasteiger partial charge in [-0.25, -0.2) is 4.79 Å². The molecule has 0 aliphatic heterocycles. The van der Waals surface area contributed by atoms with Crippen molar-refractivity contribution in [3.8, 4) is 5.75 Å². The number of methoxy groups -OCH3 is 1. The van der Waals surface area contributed by atoms with Crippen LogP contribution >= 0.6 is 0 Å². The predicted molar refractivity (Wildman–Crippen MR) is 117 cm³/mol. The Balaban J connectivity index is 2.61. The van der Waals surface area contributed by atoms with Crippen LogP contribution in [-0.4, -0.2) is 30.1 Å². The number of phenolic OH excluding ortho intramolecular Hbond substituents is 1. The lowest BCUT2D eigenvalue weighted by atomic mass is 10.00. The van der Waals surface area contributed by atoms with E-state index in [1.54, 1.807) is 30.3 Å². The highest BCUT2D eigenvalue weighted by atomic mass is 16.5. The van der Waals surface area contributed by atoms with E-state index in [-0.39, 0.29) is 18.1 Å². The van der Waals surface area contributed by atoms with Gasteiger partial charge < -0.3 is 15.2 Å². The van der Waals surface area contributed by atoms with Gasteiger partial charge in [0.05, 0.1) is 7.11 Å². The van der Waals surface area contributed by atoms with Crippen molar-refractivity contribution in [2.24, 2.45) is 5.92 Å². The average molecular weight is 402 g/mol. The maximum atomic E-state index is 12.3. The van der Waals surface area contributed by atoms with E-state index in [4.69, 9.17) is 4.74 Å². The zero-order valence-corrected chi connectivity index (χ0v) is 18.1. The third-order valence-corrected chi connectivity index (χ3v) is 4.74. The van der Waals surface area contributed by atoms with Crippen LogP contribution in [-0.2, 0) is 20.7 Å². The number of esters is 1. The van der Waals surface area contributed by atoms with E-state index in [1.807, 2.05) is 6.92 Å². The zero-order valence-electron chi connectivity index (χ0n) is 18.1. The van der Waals surface area contributed by atoms with Crippen LogP contribution in [0.5, 0.6) is 5.75 Å². The highest BCUT2D eigenvalue weighted by Gasteiger charge is 2.21. The molecule has 5 heteroatoms. The number of ether oxygens (including phenoxy) is 1. The van der Waals surface area contributed by atoms with Gasteiger partial charge in [-0.1, -0.05) is 69.4 Å². The van der Waals surface area contributed by atoms with E-state index in [9.17, 15) is 14.7 Å². The van der Waals surface area contributed by atoms with E-state index in [2.05, 4.69) is 25.2 Å². The second-order valence-corrected chi connectivity index (χ2v) is 7.53. The average Bonchev–Trinajstić information content (AvgIpc) is 2.70. The first-order chi connectivity index (χ1) is 13.8. The summed E-state index contributed by atoms with van der Waals surface area (Å²) in [5.74, 6) is -0.232. The number of hydrogen-bond donors (Lipinski definition) is 2. The Morgan fingerprint density at radius 2 is 1.83 bits per heavy atom. The normalized spacial score (nSPS) is 13.9. The van der Waals surface area contributed by atoms with Crippen LogP contribution in [0.4, 0.5) is 0 Å². The molecule has 29 heavy (non-hydrogen) atoms. The monoisotopic (exact) mass is 401 g/mol. The van der Waals surface area contributed by atoms with Crippen LogP contribution in [0.25, 0.3) is 0 Å². The number of hydrogen-bond acceptors (Lipinski definition) is 4. The summed E-state index contributed by atoms with van der Waals surface area (Å²) in [5.41, 5.74) is 1.84. The van der Waals surface area contributed by atoms with Crippen molar-refractivity contribution in [2.45, 2.75) is 65.3 Å². The first kappa shape index (κ1) is 24.5. The lowest BCUT2D eigenvalue weighted by molar-refractivity contribution is -0.144. The topological polar surface area (TPSA) is 75.6 Å². The third-order valence-electron chi connectivity index (χ3n) is 4.74. The van der Waals surface area contributed by atoms with Crippen molar-refractivity contribution in [3.05, 3.63) is 53.6 Å². The number of unbranched alkanes of at least 4 members (excludes halogenated alkanes) is 3. The van der Waals surface area contributed by atoms with Crippen molar-refractivity contribution in [1.82, 2.24) is 5.32 Å². The third kappa shape index (κ3) is 10.5. The van der Waals surface area contributed by atoms with Gasteiger partial charge >= 0.3 is 5.97 Å². The van der Waals surface area contributed by atoms with Gasteiger partial charge in [0.1, 0.15) is 11.8 Å². The number of nitrogens with one attached hydrogen (secondary N) is 1. The molecule has 0 fully saturated rings. The fourth-order valence-corrected chi connectivity index (χ4v) is 3.11. The first-order valence-electron chi connectivity index (χ1n) is 10.4. The number of aromatic hydroxyl groups is 1.